The van der Waals surface area contributed by atoms with Gasteiger partial charge in [-0.3, -0.25) is 4.79 Å². The number of ether oxygens (including phenoxy) is 1. The van der Waals surface area contributed by atoms with E-state index in [1.165, 1.54) is 5.41 Å². The number of hydrogen-bond donors (Lipinski definition) is 0. The molecule has 1 aliphatic heterocycles. The monoisotopic (exact) mass is 308 g/mol. The number of sulfone groups is 1. The Bertz CT molecular complexity index is 649. The van der Waals surface area contributed by atoms with E-state index in [-0.39, 0.29) is 23.5 Å². The molecule has 5 heteroatoms. The Morgan fingerprint density at radius 1 is 1.24 bits per heavy atom. The minimum absolute atomic E-state index is 0.00887. The van der Waals surface area contributed by atoms with E-state index in [2.05, 4.69) is 20.8 Å². The third-order valence-corrected chi connectivity index (χ3v) is 4.85. The third kappa shape index (κ3) is 4.43. The lowest BCUT2D eigenvalue weighted by molar-refractivity contribution is -0.134. The maximum atomic E-state index is 11.8. The summed E-state index contributed by atoms with van der Waals surface area (Å²) < 4.78 is 27.8. The van der Waals surface area contributed by atoms with Crippen LogP contribution < -0.4 is 4.74 Å². The van der Waals surface area contributed by atoms with Gasteiger partial charge in [0.1, 0.15) is 5.75 Å². The highest BCUT2D eigenvalue weighted by molar-refractivity contribution is 7.94. The number of benzene rings is 1. The minimum Gasteiger partial charge on any atom is -0.427 e. The van der Waals surface area contributed by atoms with Gasteiger partial charge in [-0.25, -0.2) is 8.42 Å². The van der Waals surface area contributed by atoms with Gasteiger partial charge in [-0.15, -0.1) is 0 Å². The van der Waals surface area contributed by atoms with Crippen LogP contribution in [-0.4, -0.2) is 20.1 Å². The van der Waals surface area contributed by atoms with Crippen LogP contribution >= 0.6 is 0 Å². The molecule has 0 amide bonds. The predicted molar refractivity (Wildman–Crippen MR) is 81.8 cm³/mol. The lowest BCUT2D eigenvalue weighted by Gasteiger charge is -2.19. The minimum atomic E-state index is -3.12. The van der Waals surface area contributed by atoms with E-state index in [1.807, 2.05) is 12.1 Å². The summed E-state index contributed by atoms with van der Waals surface area (Å²) in [6, 6.07) is 7.39. The lowest BCUT2D eigenvalue weighted by Crippen LogP contribution is -2.16. The van der Waals surface area contributed by atoms with E-state index >= 15 is 0 Å². The van der Waals surface area contributed by atoms with E-state index in [9.17, 15) is 13.2 Å². The van der Waals surface area contributed by atoms with Crippen molar-refractivity contribution in [1.29, 1.82) is 0 Å². The van der Waals surface area contributed by atoms with Gasteiger partial charge in [0.25, 0.3) is 0 Å². The van der Waals surface area contributed by atoms with Crippen LogP contribution in [0.5, 0.6) is 5.75 Å². The summed E-state index contributed by atoms with van der Waals surface area (Å²) in [4.78, 5) is 11.8. The van der Waals surface area contributed by atoms with Crippen LogP contribution in [0.3, 0.4) is 0 Å². The van der Waals surface area contributed by atoms with Gasteiger partial charge in [-0.05, 0) is 23.1 Å². The van der Waals surface area contributed by atoms with Crippen molar-refractivity contribution in [3.63, 3.8) is 0 Å². The second-order valence-corrected chi connectivity index (χ2v) is 8.30. The van der Waals surface area contributed by atoms with Crippen LogP contribution in [0.25, 0.3) is 0 Å². The van der Waals surface area contributed by atoms with Crippen molar-refractivity contribution in [2.45, 2.75) is 32.6 Å². The maximum absolute atomic E-state index is 11.8. The molecule has 1 aliphatic rings. The van der Waals surface area contributed by atoms with Crippen LogP contribution in [0.2, 0.25) is 0 Å². The average Bonchev–Trinajstić information content (AvgIpc) is 2.68. The Morgan fingerprint density at radius 2 is 1.86 bits per heavy atom. The SMILES string of the molecule is CC(C)(C)c1ccc(OC(=O)CC2C=CS(=O)(=O)C2)cc1. The number of hydrogen-bond acceptors (Lipinski definition) is 4. The van der Waals surface area contributed by atoms with Crippen molar-refractivity contribution in [2.75, 3.05) is 5.75 Å². The molecule has 1 heterocycles. The highest BCUT2D eigenvalue weighted by Gasteiger charge is 2.24. The summed E-state index contributed by atoms with van der Waals surface area (Å²) in [5.41, 5.74) is 1.21. The molecule has 1 aromatic rings. The molecule has 0 bridgehead atoms. The topological polar surface area (TPSA) is 60.4 Å². The van der Waals surface area contributed by atoms with Gasteiger partial charge in [0.15, 0.2) is 9.84 Å². The van der Waals surface area contributed by atoms with E-state index in [1.54, 1.807) is 18.2 Å². The Balaban J connectivity index is 1.93. The molecule has 114 valence electrons. The van der Waals surface area contributed by atoms with Crippen LogP contribution in [0.4, 0.5) is 0 Å². The molecule has 1 unspecified atom stereocenters. The van der Waals surface area contributed by atoms with Gasteiger partial charge < -0.3 is 4.74 Å². The van der Waals surface area contributed by atoms with Gasteiger partial charge in [-0.1, -0.05) is 39.0 Å². The molecule has 0 spiro atoms. The maximum Gasteiger partial charge on any atom is 0.311 e. The summed E-state index contributed by atoms with van der Waals surface area (Å²) in [6.07, 6.45) is 1.63. The Labute approximate surface area is 125 Å². The molecule has 0 radical (unpaired) electrons. The fourth-order valence-electron chi connectivity index (χ4n) is 2.18. The van der Waals surface area contributed by atoms with Crippen molar-refractivity contribution in [3.8, 4) is 5.75 Å². The zero-order valence-corrected chi connectivity index (χ0v) is 13.3. The van der Waals surface area contributed by atoms with E-state index in [0.29, 0.717) is 5.75 Å². The van der Waals surface area contributed by atoms with Crippen molar-refractivity contribution in [2.24, 2.45) is 5.92 Å². The summed E-state index contributed by atoms with van der Waals surface area (Å²) >= 11 is 0. The molecule has 0 fully saturated rings. The average molecular weight is 308 g/mol. The Hall–Kier alpha value is -1.62. The molecule has 0 saturated carbocycles. The Morgan fingerprint density at radius 3 is 2.33 bits per heavy atom. The molecule has 0 aromatic heterocycles. The normalized spacial score (nSPS) is 20.4. The van der Waals surface area contributed by atoms with Crippen LogP contribution in [0.15, 0.2) is 35.7 Å². The molecule has 0 aliphatic carbocycles. The summed E-state index contributed by atoms with van der Waals surface area (Å²) in [5.74, 6) is -0.218. The molecule has 21 heavy (non-hydrogen) atoms. The second-order valence-electron chi connectivity index (χ2n) is 6.37. The molecular formula is C16H20O4S. The fourth-order valence-corrected chi connectivity index (χ4v) is 3.58. The first-order valence-electron chi connectivity index (χ1n) is 6.88. The smallest absolute Gasteiger partial charge is 0.311 e. The van der Waals surface area contributed by atoms with Crippen LogP contribution in [0.1, 0.15) is 32.8 Å². The molecule has 1 aromatic carbocycles. The molecule has 4 nitrogen and oxygen atoms in total. The van der Waals surface area contributed by atoms with Crippen molar-refractivity contribution in [3.05, 3.63) is 41.3 Å². The summed E-state index contributed by atoms with van der Waals surface area (Å²) in [6.45, 7) is 6.34. The fraction of sp³-hybridized carbons (Fsp3) is 0.438. The van der Waals surface area contributed by atoms with Crippen LogP contribution in [0, 0.1) is 5.92 Å². The van der Waals surface area contributed by atoms with Gasteiger partial charge >= 0.3 is 5.97 Å². The van der Waals surface area contributed by atoms with Crippen molar-refractivity contribution < 1.29 is 17.9 Å². The number of allylic oxidation sites excluding steroid dienone is 1. The van der Waals surface area contributed by atoms with Crippen molar-refractivity contribution in [1.82, 2.24) is 0 Å². The zero-order chi connectivity index (χ0) is 15.7. The Kier molecular flexibility index (Phi) is 4.23. The first-order chi connectivity index (χ1) is 9.66. The number of carbonyl (C=O) groups is 1. The summed E-state index contributed by atoms with van der Waals surface area (Å²) in [7, 11) is -3.12. The van der Waals surface area contributed by atoms with Gasteiger partial charge in [0, 0.05) is 11.3 Å². The van der Waals surface area contributed by atoms with Gasteiger partial charge in [0.2, 0.25) is 0 Å². The number of carbonyl (C=O) groups excluding carboxylic acids is 1. The molecule has 2 rings (SSSR count). The van der Waals surface area contributed by atoms with Crippen LogP contribution in [-0.2, 0) is 20.0 Å². The van der Waals surface area contributed by atoms with E-state index in [0.717, 1.165) is 5.56 Å². The molecular weight excluding hydrogens is 288 g/mol. The number of rotatable bonds is 3. The number of esters is 1. The lowest BCUT2D eigenvalue weighted by atomic mass is 9.87. The second kappa shape index (κ2) is 5.64. The standard InChI is InChI=1S/C16H20O4S/c1-16(2,3)13-4-6-14(7-5-13)20-15(17)10-12-8-9-21(18,19)11-12/h4-9,12H,10-11H2,1-3H3. The van der Waals surface area contributed by atoms with Gasteiger partial charge in [-0.2, -0.15) is 0 Å². The predicted octanol–water partition coefficient (Wildman–Crippen LogP) is 2.84. The summed E-state index contributed by atoms with van der Waals surface area (Å²) in [5, 5.41) is 1.17. The first kappa shape index (κ1) is 15.8. The first-order valence-corrected chi connectivity index (χ1v) is 8.59. The molecule has 0 saturated heterocycles. The van der Waals surface area contributed by atoms with Crippen molar-refractivity contribution >= 4 is 15.8 Å². The zero-order valence-electron chi connectivity index (χ0n) is 12.5. The van der Waals surface area contributed by atoms with E-state index < -0.39 is 15.8 Å². The third-order valence-electron chi connectivity index (χ3n) is 3.39. The molecule has 0 N–H and O–H groups in total. The quantitative estimate of drug-likeness (QED) is 0.636. The molecule has 1 atom stereocenters. The van der Waals surface area contributed by atoms with E-state index in [4.69, 9.17) is 4.74 Å². The van der Waals surface area contributed by atoms with Gasteiger partial charge in [0.05, 0.1) is 12.2 Å². The highest BCUT2D eigenvalue weighted by atomic mass is 32.2. The largest absolute Gasteiger partial charge is 0.427 e. The highest BCUT2D eigenvalue weighted by Crippen LogP contribution is 2.25.